The lowest BCUT2D eigenvalue weighted by molar-refractivity contribution is 0.483. The van der Waals surface area contributed by atoms with Gasteiger partial charge in [-0.1, -0.05) is 13.8 Å². The van der Waals surface area contributed by atoms with Crippen LogP contribution in [0.2, 0.25) is 0 Å². The van der Waals surface area contributed by atoms with Crippen molar-refractivity contribution in [3.05, 3.63) is 29.7 Å². The molecule has 0 aromatic rings. The third kappa shape index (κ3) is 3.21. The van der Waals surface area contributed by atoms with Gasteiger partial charge in [0.25, 0.3) is 0 Å². The fraction of sp³-hybridized carbons (Fsp3) is 0.600. The van der Waals surface area contributed by atoms with Gasteiger partial charge in [0.1, 0.15) is 0 Å². The molecule has 0 amide bonds. The van der Waals surface area contributed by atoms with Crippen molar-refractivity contribution < 1.29 is 0 Å². The molecule has 86 valence electrons. The van der Waals surface area contributed by atoms with Crippen molar-refractivity contribution in [2.45, 2.75) is 46.0 Å². The number of rotatable bonds is 1. The molecule has 0 bridgehead atoms. The quantitative estimate of drug-likeness (QED) is 0.579. The van der Waals surface area contributed by atoms with E-state index in [-0.39, 0.29) is 0 Å². The topological polar surface area (TPSA) is 12.4 Å². The van der Waals surface area contributed by atoms with Crippen LogP contribution >= 0.6 is 0 Å². The first-order valence-corrected chi connectivity index (χ1v) is 6.42. The lowest BCUT2D eigenvalue weighted by Gasteiger charge is -2.19. The van der Waals surface area contributed by atoms with E-state index in [4.69, 9.17) is 4.99 Å². The molecule has 1 heteroatoms. The predicted molar refractivity (Wildman–Crippen MR) is 69.6 cm³/mol. The van der Waals surface area contributed by atoms with Crippen LogP contribution in [0.15, 0.2) is 34.6 Å². The van der Waals surface area contributed by atoms with E-state index in [0.717, 1.165) is 12.3 Å². The monoisotopic (exact) mass is 215 g/mol. The Morgan fingerprint density at radius 3 is 2.75 bits per heavy atom. The summed E-state index contributed by atoms with van der Waals surface area (Å²) >= 11 is 0. The normalized spacial score (nSPS) is 29.9. The minimum atomic E-state index is 0.567. The Kier molecular flexibility index (Phi) is 3.79. The van der Waals surface area contributed by atoms with Crippen LogP contribution < -0.4 is 0 Å². The number of hydrogen-bond acceptors (Lipinski definition) is 1. The first-order valence-electron chi connectivity index (χ1n) is 6.42. The van der Waals surface area contributed by atoms with Crippen molar-refractivity contribution >= 4 is 5.71 Å². The Hall–Kier alpha value is -1.07. The van der Waals surface area contributed by atoms with Crippen molar-refractivity contribution in [2.24, 2.45) is 16.8 Å². The van der Waals surface area contributed by atoms with E-state index >= 15 is 0 Å². The van der Waals surface area contributed by atoms with Crippen molar-refractivity contribution in [3.63, 3.8) is 0 Å². The van der Waals surface area contributed by atoms with Crippen LogP contribution in [-0.2, 0) is 0 Å². The molecule has 16 heavy (non-hydrogen) atoms. The molecule has 0 heterocycles. The minimum absolute atomic E-state index is 0.567. The summed E-state index contributed by atoms with van der Waals surface area (Å²) in [4.78, 5) is 4.83. The number of aliphatic imine (C=N–C) groups is 1. The smallest absolute Gasteiger partial charge is 0.0415 e. The molecule has 1 unspecified atom stereocenters. The molecule has 2 aliphatic carbocycles. The van der Waals surface area contributed by atoms with E-state index in [2.05, 4.69) is 31.7 Å². The molecular formula is C15H21N. The molecule has 1 nitrogen and oxygen atoms in total. The molecule has 0 radical (unpaired) electrons. The average Bonchev–Trinajstić information content (AvgIpc) is 2.46. The molecule has 0 saturated heterocycles. The molecule has 0 aliphatic heterocycles. The summed E-state index contributed by atoms with van der Waals surface area (Å²) in [5.41, 5.74) is 5.82. The first-order chi connectivity index (χ1) is 7.74. The van der Waals surface area contributed by atoms with Gasteiger partial charge >= 0.3 is 0 Å². The van der Waals surface area contributed by atoms with Crippen LogP contribution in [0.4, 0.5) is 0 Å². The van der Waals surface area contributed by atoms with Crippen molar-refractivity contribution in [1.82, 2.24) is 0 Å². The van der Waals surface area contributed by atoms with Crippen molar-refractivity contribution in [3.8, 4) is 0 Å². The third-order valence-electron chi connectivity index (χ3n) is 3.44. The lowest BCUT2D eigenvalue weighted by atomic mass is 9.89. The maximum atomic E-state index is 4.83. The van der Waals surface area contributed by atoms with Crippen LogP contribution in [0.25, 0.3) is 0 Å². The highest BCUT2D eigenvalue weighted by molar-refractivity contribution is 5.86. The Morgan fingerprint density at radius 2 is 2.00 bits per heavy atom. The Morgan fingerprint density at radius 1 is 1.25 bits per heavy atom. The molecular weight excluding hydrogens is 194 g/mol. The van der Waals surface area contributed by atoms with E-state index in [1.54, 1.807) is 0 Å². The van der Waals surface area contributed by atoms with Gasteiger partial charge in [-0.2, -0.15) is 0 Å². The Balaban J connectivity index is 2.03. The molecule has 2 rings (SSSR count). The van der Waals surface area contributed by atoms with Crippen LogP contribution in [0.1, 0.15) is 46.0 Å². The number of hydrogen-bond donors (Lipinski definition) is 0. The van der Waals surface area contributed by atoms with Gasteiger partial charge in [0, 0.05) is 11.4 Å². The van der Waals surface area contributed by atoms with Gasteiger partial charge in [-0.05, 0) is 62.2 Å². The van der Waals surface area contributed by atoms with Crippen LogP contribution in [0, 0.1) is 11.8 Å². The zero-order valence-electron chi connectivity index (χ0n) is 10.4. The minimum Gasteiger partial charge on any atom is -0.262 e. The zero-order valence-corrected chi connectivity index (χ0v) is 10.4. The van der Waals surface area contributed by atoms with Crippen LogP contribution in [0.5, 0.6) is 0 Å². The molecule has 0 spiro atoms. The van der Waals surface area contributed by atoms with Gasteiger partial charge in [-0.15, -0.1) is 5.73 Å². The summed E-state index contributed by atoms with van der Waals surface area (Å²) < 4.78 is 0. The van der Waals surface area contributed by atoms with Gasteiger partial charge in [0.05, 0.1) is 0 Å². The van der Waals surface area contributed by atoms with Gasteiger partial charge in [-0.3, -0.25) is 4.99 Å². The van der Waals surface area contributed by atoms with E-state index in [9.17, 15) is 0 Å². The summed E-state index contributed by atoms with van der Waals surface area (Å²) in [5, 5.41) is 0. The predicted octanol–water partition coefficient (Wildman–Crippen LogP) is 4.27. The molecule has 2 aliphatic rings. The summed E-state index contributed by atoms with van der Waals surface area (Å²) in [5.74, 6) is 1.46. The van der Waals surface area contributed by atoms with Gasteiger partial charge in [-0.25, -0.2) is 0 Å². The van der Waals surface area contributed by atoms with E-state index in [1.165, 1.54) is 37.1 Å². The number of nitrogens with zero attached hydrogens (tertiary/aromatic N) is 1. The second-order valence-corrected chi connectivity index (χ2v) is 5.20. The molecule has 1 atom stereocenters. The molecule has 1 fully saturated rings. The number of allylic oxidation sites excluding steroid dienone is 3. The summed E-state index contributed by atoms with van der Waals surface area (Å²) in [7, 11) is 0. The van der Waals surface area contributed by atoms with E-state index in [0.29, 0.717) is 5.92 Å². The van der Waals surface area contributed by atoms with Gasteiger partial charge in [0.15, 0.2) is 0 Å². The molecule has 0 aromatic heterocycles. The summed E-state index contributed by atoms with van der Waals surface area (Å²) in [6.45, 7) is 4.57. The van der Waals surface area contributed by atoms with Crippen molar-refractivity contribution in [1.29, 1.82) is 0 Å². The Labute approximate surface area is 98.7 Å². The van der Waals surface area contributed by atoms with E-state index < -0.39 is 0 Å². The second kappa shape index (κ2) is 5.32. The third-order valence-corrected chi connectivity index (χ3v) is 3.44. The first kappa shape index (κ1) is 11.4. The van der Waals surface area contributed by atoms with E-state index in [1.807, 2.05) is 6.08 Å². The maximum Gasteiger partial charge on any atom is 0.0415 e. The van der Waals surface area contributed by atoms with Crippen molar-refractivity contribution in [2.75, 3.05) is 0 Å². The maximum absolute atomic E-state index is 4.83. The Bertz CT molecular complexity index is 357. The highest BCUT2D eigenvalue weighted by Gasteiger charge is 2.14. The zero-order chi connectivity index (χ0) is 11.4. The highest BCUT2D eigenvalue weighted by atomic mass is 14.8. The average molecular weight is 215 g/mol. The molecule has 0 N–H and O–H groups in total. The van der Waals surface area contributed by atoms with Crippen LogP contribution in [0.3, 0.4) is 0 Å². The fourth-order valence-corrected chi connectivity index (χ4v) is 2.31. The second-order valence-electron chi connectivity index (χ2n) is 5.20. The van der Waals surface area contributed by atoms with Gasteiger partial charge in [0.2, 0.25) is 0 Å². The molecule has 0 aromatic carbocycles. The fourth-order valence-electron chi connectivity index (χ4n) is 2.31. The molecule has 1 saturated carbocycles. The summed E-state index contributed by atoms with van der Waals surface area (Å²) in [6, 6.07) is 0. The lowest BCUT2D eigenvalue weighted by Crippen LogP contribution is -2.12. The van der Waals surface area contributed by atoms with Gasteiger partial charge < -0.3 is 0 Å². The van der Waals surface area contributed by atoms with Crippen LogP contribution in [-0.4, -0.2) is 5.71 Å². The SMILES string of the molecule is CC1C=C=CC=C(N=C2CCC(C)CC2)C1. The standard InChI is InChI=1S/C15H21N/c1-12-7-9-14(10-8-12)16-15-6-4-3-5-13(2)11-15/h4-6,12-13H,7-11H2,1-2H3. The largest absolute Gasteiger partial charge is 0.262 e. The summed E-state index contributed by atoms with van der Waals surface area (Å²) in [6.07, 6.45) is 12.3. The highest BCUT2D eigenvalue weighted by Crippen LogP contribution is 2.24.